The van der Waals surface area contributed by atoms with Crippen LogP contribution in [0.3, 0.4) is 0 Å². The van der Waals surface area contributed by atoms with Crippen molar-refractivity contribution >= 4 is 17.4 Å². The smallest absolute Gasteiger partial charge is 0.270 e. The van der Waals surface area contributed by atoms with Gasteiger partial charge in [-0.3, -0.25) is 19.7 Å². The zero-order chi connectivity index (χ0) is 14.7. The monoisotopic (exact) mass is 276 g/mol. The van der Waals surface area contributed by atoms with E-state index in [1.165, 1.54) is 17.0 Å². The lowest BCUT2D eigenvalue weighted by molar-refractivity contribution is -0.384. The second kappa shape index (κ2) is 5.81. The zero-order valence-electron chi connectivity index (χ0n) is 11.3. The molecular weight excluding hydrogens is 260 g/mol. The summed E-state index contributed by atoms with van der Waals surface area (Å²) in [4.78, 5) is 35.6. The van der Waals surface area contributed by atoms with Crippen LogP contribution in [-0.2, 0) is 11.2 Å². The maximum absolute atomic E-state index is 12.3. The Bertz CT molecular complexity index is 568. The van der Waals surface area contributed by atoms with E-state index >= 15 is 0 Å². The first-order valence-electron chi connectivity index (χ1n) is 6.61. The van der Waals surface area contributed by atoms with Gasteiger partial charge in [-0.25, -0.2) is 0 Å². The lowest BCUT2D eigenvalue weighted by Gasteiger charge is -2.27. The van der Waals surface area contributed by atoms with E-state index in [9.17, 15) is 19.7 Å². The second-order valence-electron chi connectivity index (χ2n) is 4.86. The van der Waals surface area contributed by atoms with E-state index in [4.69, 9.17) is 0 Å². The van der Waals surface area contributed by atoms with E-state index in [2.05, 4.69) is 0 Å². The van der Waals surface area contributed by atoms with Gasteiger partial charge in [0, 0.05) is 30.7 Å². The molecule has 1 aliphatic rings. The molecule has 6 heteroatoms. The summed E-state index contributed by atoms with van der Waals surface area (Å²) < 4.78 is 0. The van der Waals surface area contributed by atoms with Crippen molar-refractivity contribution in [3.8, 4) is 0 Å². The first-order valence-corrected chi connectivity index (χ1v) is 6.61. The van der Waals surface area contributed by atoms with Crippen LogP contribution in [0.1, 0.15) is 35.7 Å². The van der Waals surface area contributed by atoms with Crippen molar-refractivity contribution in [1.29, 1.82) is 0 Å². The Hall–Kier alpha value is -2.24. The number of benzene rings is 1. The molecular formula is C14H16N2O4. The maximum atomic E-state index is 12.3. The van der Waals surface area contributed by atoms with Crippen LogP contribution in [0.4, 0.5) is 5.69 Å². The Morgan fingerprint density at radius 3 is 2.85 bits per heavy atom. The van der Waals surface area contributed by atoms with Crippen LogP contribution in [0, 0.1) is 10.1 Å². The highest BCUT2D eigenvalue weighted by molar-refractivity contribution is 5.99. The number of nitro groups is 1. The molecule has 0 aliphatic carbocycles. The van der Waals surface area contributed by atoms with Crippen LogP contribution >= 0.6 is 0 Å². The van der Waals surface area contributed by atoms with Gasteiger partial charge in [0.25, 0.3) is 11.6 Å². The van der Waals surface area contributed by atoms with Crippen molar-refractivity contribution in [1.82, 2.24) is 4.90 Å². The van der Waals surface area contributed by atoms with Crippen LogP contribution in [0.5, 0.6) is 0 Å². The molecule has 0 spiro atoms. The lowest BCUT2D eigenvalue weighted by Crippen LogP contribution is -2.40. The quantitative estimate of drug-likeness (QED) is 0.608. The van der Waals surface area contributed by atoms with Gasteiger partial charge in [-0.2, -0.15) is 0 Å². The van der Waals surface area contributed by atoms with Crippen molar-refractivity contribution in [2.24, 2.45) is 0 Å². The van der Waals surface area contributed by atoms with E-state index in [0.29, 0.717) is 24.9 Å². The molecule has 1 aromatic carbocycles. The van der Waals surface area contributed by atoms with Gasteiger partial charge in [-0.15, -0.1) is 0 Å². The Balaban J connectivity index is 2.21. The standard InChI is InChI=1S/C14H16N2O4/c1-2-3-12(17)9-15-7-6-10-4-5-11(16(19)20)8-13(10)14(15)18/h4-5,8H,2-3,6-7,9H2,1H3. The molecule has 0 saturated heterocycles. The number of nitro benzene ring substituents is 1. The van der Waals surface area contributed by atoms with Gasteiger partial charge in [0.15, 0.2) is 5.78 Å². The minimum atomic E-state index is -0.519. The fourth-order valence-electron chi connectivity index (χ4n) is 2.34. The third kappa shape index (κ3) is 2.84. The van der Waals surface area contributed by atoms with Crippen LogP contribution in [0.2, 0.25) is 0 Å². The molecule has 1 amide bonds. The number of Topliss-reactive ketones (excluding diaryl/α,β-unsaturated/α-hetero) is 1. The van der Waals surface area contributed by atoms with Crippen molar-refractivity contribution in [2.75, 3.05) is 13.1 Å². The molecule has 20 heavy (non-hydrogen) atoms. The highest BCUT2D eigenvalue weighted by Gasteiger charge is 2.27. The third-order valence-electron chi connectivity index (χ3n) is 3.37. The molecule has 1 aliphatic heterocycles. The van der Waals surface area contributed by atoms with Crippen LogP contribution in [0.15, 0.2) is 18.2 Å². The minimum Gasteiger partial charge on any atom is -0.331 e. The normalized spacial score (nSPS) is 14.1. The zero-order valence-corrected chi connectivity index (χ0v) is 11.3. The third-order valence-corrected chi connectivity index (χ3v) is 3.37. The Morgan fingerprint density at radius 1 is 1.45 bits per heavy atom. The maximum Gasteiger partial charge on any atom is 0.270 e. The number of amides is 1. The first kappa shape index (κ1) is 14.2. The van der Waals surface area contributed by atoms with Crippen molar-refractivity contribution in [3.05, 3.63) is 39.4 Å². The summed E-state index contributed by atoms with van der Waals surface area (Å²) in [6.07, 6.45) is 1.83. The van der Waals surface area contributed by atoms with Gasteiger partial charge < -0.3 is 4.90 Å². The minimum absolute atomic E-state index is 0.0229. The highest BCUT2D eigenvalue weighted by Crippen LogP contribution is 2.23. The largest absolute Gasteiger partial charge is 0.331 e. The molecule has 106 valence electrons. The molecule has 0 unspecified atom stereocenters. The number of carbonyl (C=O) groups is 2. The first-order chi connectivity index (χ1) is 9.52. The summed E-state index contributed by atoms with van der Waals surface area (Å²) in [7, 11) is 0. The predicted molar refractivity (Wildman–Crippen MR) is 72.6 cm³/mol. The van der Waals surface area contributed by atoms with E-state index in [0.717, 1.165) is 12.0 Å². The molecule has 1 heterocycles. The highest BCUT2D eigenvalue weighted by atomic mass is 16.6. The van der Waals surface area contributed by atoms with E-state index in [1.54, 1.807) is 6.07 Å². The van der Waals surface area contributed by atoms with Crippen molar-refractivity contribution in [2.45, 2.75) is 26.2 Å². The summed E-state index contributed by atoms with van der Waals surface area (Å²) in [5.41, 5.74) is 1.05. The van der Waals surface area contributed by atoms with Gasteiger partial charge in [0.1, 0.15) is 0 Å². The molecule has 0 radical (unpaired) electrons. The Labute approximate surface area is 116 Å². The fourth-order valence-corrected chi connectivity index (χ4v) is 2.34. The van der Waals surface area contributed by atoms with Gasteiger partial charge in [0.2, 0.25) is 0 Å². The van der Waals surface area contributed by atoms with Gasteiger partial charge in [0.05, 0.1) is 11.5 Å². The Kier molecular flexibility index (Phi) is 4.12. The van der Waals surface area contributed by atoms with Crippen LogP contribution in [-0.4, -0.2) is 34.6 Å². The summed E-state index contributed by atoms with van der Waals surface area (Å²) in [6.45, 7) is 2.49. The summed E-state index contributed by atoms with van der Waals surface area (Å²) in [6, 6.07) is 4.33. The van der Waals surface area contributed by atoms with Gasteiger partial charge in [-0.05, 0) is 18.4 Å². The SMILES string of the molecule is CCCC(=O)CN1CCc2ccc([N+](=O)[O-])cc2C1=O. The number of hydrogen-bond acceptors (Lipinski definition) is 4. The average Bonchev–Trinajstić information content (AvgIpc) is 2.42. The second-order valence-corrected chi connectivity index (χ2v) is 4.86. The van der Waals surface area contributed by atoms with E-state index in [1.807, 2.05) is 6.92 Å². The van der Waals surface area contributed by atoms with Crippen molar-refractivity contribution in [3.63, 3.8) is 0 Å². The van der Waals surface area contributed by atoms with Gasteiger partial charge in [-0.1, -0.05) is 13.0 Å². The molecule has 0 bridgehead atoms. The molecule has 0 atom stereocenters. The molecule has 0 saturated carbocycles. The molecule has 0 N–H and O–H groups in total. The summed E-state index contributed by atoms with van der Waals surface area (Å²) in [5.74, 6) is -0.269. The number of carbonyl (C=O) groups excluding carboxylic acids is 2. The van der Waals surface area contributed by atoms with Crippen LogP contribution < -0.4 is 0 Å². The molecule has 1 aromatic rings. The topological polar surface area (TPSA) is 80.5 Å². The van der Waals surface area contributed by atoms with Crippen molar-refractivity contribution < 1.29 is 14.5 Å². The van der Waals surface area contributed by atoms with E-state index < -0.39 is 4.92 Å². The number of rotatable bonds is 5. The predicted octanol–water partition coefficient (Wildman–Crippen LogP) is 1.96. The Morgan fingerprint density at radius 2 is 2.20 bits per heavy atom. The van der Waals surface area contributed by atoms with Crippen LogP contribution in [0.25, 0.3) is 0 Å². The van der Waals surface area contributed by atoms with E-state index in [-0.39, 0.29) is 23.9 Å². The molecule has 0 fully saturated rings. The fraction of sp³-hybridized carbons (Fsp3) is 0.429. The summed E-state index contributed by atoms with van der Waals surface area (Å²) in [5, 5.41) is 10.8. The number of ketones is 1. The molecule has 6 nitrogen and oxygen atoms in total. The number of nitrogens with zero attached hydrogens (tertiary/aromatic N) is 2. The average molecular weight is 276 g/mol. The number of hydrogen-bond donors (Lipinski definition) is 0. The number of non-ortho nitro benzene ring substituents is 1. The molecule has 2 rings (SSSR count). The molecule has 0 aromatic heterocycles. The number of fused-ring (bicyclic) bond motifs is 1. The lowest BCUT2D eigenvalue weighted by atomic mass is 9.98. The van der Waals surface area contributed by atoms with Gasteiger partial charge >= 0.3 is 0 Å². The summed E-state index contributed by atoms with van der Waals surface area (Å²) >= 11 is 0.